The SMILES string of the molecule is COc1ccc(C(=O)N2CCS[C@H]2c2ccc(F)cc2F)c(OC)c1. The zero-order valence-electron chi connectivity index (χ0n) is 13.8. The van der Waals surface area contributed by atoms with Crippen molar-refractivity contribution in [2.24, 2.45) is 0 Å². The molecule has 1 fully saturated rings. The lowest BCUT2D eigenvalue weighted by molar-refractivity contribution is 0.0755. The molecule has 1 atom stereocenters. The third kappa shape index (κ3) is 3.42. The molecule has 0 unspecified atom stereocenters. The van der Waals surface area contributed by atoms with E-state index in [0.29, 0.717) is 34.9 Å². The van der Waals surface area contributed by atoms with Gasteiger partial charge >= 0.3 is 0 Å². The predicted molar refractivity (Wildman–Crippen MR) is 92.1 cm³/mol. The van der Waals surface area contributed by atoms with Crippen LogP contribution in [0.3, 0.4) is 0 Å². The van der Waals surface area contributed by atoms with Gasteiger partial charge in [0.2, 0.25) is 0 Å². The smallest absolute Gasteiger partial charge is 0.258 e. The maximum Gasteiger partial charge on any atom is 0.258 e. The number of ether oxygens (including phenoxy) is 2. The van der Waals surface area contributed by atoms with E-state index >= 15 is 0 Å². The first-order valence-corrected chi connectivity index (χ1v) is 8.69. The number of methoxy groups -OCH3 is 2. The normalized spacial score (nSPS) is 16.8. The van der Waals surface area contributed by atoms with Crippen molar-refractivity contribution in [1.82, 2.24) is 4.90 Å². The lowest BCUT2D eigenvalue weighted by atomic mass is 10.1. The van der Waals surface area contributed by atoms with Crippen LogP contribution in [0.15, 0.2) is 36.4 Å². The zero-order chi connectivity index (χ0) is 18.0. The Morgan fingerprint density at radius 1 is 1.16 bits per heavy atom. The summed E-state index contributed by atoms with van der Waals surface area (Å²) < 4.78 is 37.8. The fourth-order valence-corrected chi connectivity index (χ4v) is 4.04. The van der Waals surface area contributed by atoms with Crippen molar-refractivity contribution < 1.29 is 23.0 Å². The summed E-state index contributed by atoms with van der Waals surface area (Å²) in [5, 5.41) is -0.500. The van der Waals surface area contributed by atoms with Crippen molar-refractivity contribution >= 4 is 17.7 Å². The fraction of sp³-hybridized carbons (Fsp3) is 0.278. The lowest BCUT2D eigenvalue weighted by Crippen LogP contribution is -2.31. The summed E-state index contributed by atoms with van der Waals surface area (Å²) in [4.78, 5) is 14.6. The minimum absolute atomic E-state index is 0.266. The summed E-state index contributed by atoms with van der Waals surface area (Å²) in [6.07, 6.45) is 0. The summed E-state index contributed by atoms with van der Waals surface area (Å²) in [6, 6.07) is 8.36. The summed E-state index contributed by atoms with van der Waals surface area (Å²) in [5.41, 5.74) is 0.669. The van der Waals surface area contributed by atoms with Crippen LogP contribution in [0.25, 0.3) is 0 Å². The molecule has 4 nitrogen and oxygen atoms in total. The molecule has 0 aliphatic carbocycles. The second kappa shape index (κ2) is 7.31. The number of benzene rings is 2. The van der Waals surface area contributed by atoms with Crippen LogP contribution in [-0.2, 0) is 0 Å². The van der Waals surface area contributed by atoms with E-state index in [1.807, 2.05) is 0 Å². The molecular weight excluding hydrogens is 348 g/mol. The van der Waals surface area contributed by atoms with Gasteiger partial charge in [-0.3, -0.25) is 4.79 Å². The molecule has 3 rings (SSSR count). The molecule has 0 spiro atoms. The van der Waals surface area contributed by atoms with Gasteiger partial charge in [0.05, 0.1) is 19.8 Å². The molecule has 2 aromatic carbocycles. The molecule has 0 aromatic heterocycles. The first-order chi connectivity index (χ1) is 12.0. The van der Waals surface area contributed by atoms with Crippen LogP contribution >= 0.6 is 11.8 Å². The van der Waals surface area contributed by atoms with Crippen molar-refractivity contribution in [3.63, 3.8) is 0 Å². The van der Waals surface area contributed by atoms with Gasteiger partial charge in [-0.2, -0.15) is 0 Å². The highest BCUT2D eigenvalue weighted by Gasteiger charge is 2.34. The van der Waals surface area contributed by atoms with Crippen LogP contribution in [0.5, 0.6) is 11.5 Å². The molecule has 0 radical (unpaired) electrons. The second-order valence-electron chi connectivity index (χ2n) is 5.45. The first kappa shape index (κ1) is 17.5. The molecule has 1 amide bonds. The number of halogens is 2. The summed E-state index contributed by atoms with van der Waals surface area (Å²) >= 11 is 1.44. The molecule has 1 heterocycles. The van der Waals surface area contributed by atoms with Crippen LogP contribution in [0.1, 0.15) is 21.3 Å². The first-order valence-electron chi connectivity index (χ1n) is 7.64. The molecule has 1 aliphatic heterocycles. The van der Waals surface area contributed by atoms with Crippen molar-refractivity contribution in [2.45, 2.75) is 5.37 Å². The highest BCUT2D eigenvalue weighted by Crippen LogP contribution is 2.41. The number of amides is 1. The Kier molecular flexibility index (Phi) is 5.13. The molecule has 25 heavy (non-hydrogen) atoms. The summed E-state index contributed by atoms with van der Waals surface area (Å²) in [7, 11) is 3.00. The third-order valence-electron chi connectivity index (χ3n) is 4.02. The minimum atomic E-state index is -0.654. The molecule has 2 aromatic rings. The molecule has 1 aliphatic rings. The van der Waals surface area contributed by atoms with E-state index in [1.54, 1.807) is 23.1 Å². The topological polar surface area (TPSA) is 38.8 Å². The van der Waals surface area contributed by atoms with Crippen molar-refractivity contribution in [3.8, 4) is 11.5 Å². The van der Waals surface area contributed by atoms with E-state index in [2.05, 4.69) is 0 Å². The second-order valence-corrected chi connectivity index (χ2v) is 6.64. The Balaban J connectivity index is 1.93. The van der Waals surface area contributed by atoms with E-state index in [4.69, 9.17) is 9.47 Å². The molecule has 1 saturated heterocycles. The van der Waals surface area contributed by atoms with Crippen molar-refractivity contribution in [2.75, 3.05) is 26.5 Å². The summed E-state index contributed by atoms with van der Waals surface area (Å²) in [6.45, 7) is 0.472. The van der Waals surface area contributed by atoms with Crippen LogP contribution < -0.4 is 9.47 Å². The number of carbonyl (C=O) groups is 1. The number of rotatable bonds is 4. The van der Waals surface area contributed by atoms with Gasteiger partial charge in [-0.1, -0.05) is 6.07 Å². The van der Waals surface area contributed by atoms with Crippen molar-refractivity contribution in [1.29, 1.82) is 0 Å². The number of thioether (sulfide) groups is 1. The van der Waals surface area contributed by atoms with Gasteiger partial charge in [0.25, 0.3) is 5.91 Å². The Morgan fingerprint density at radius 2 is 1.96 bits per heavy atom. The monoisotopic (exact) mass is 365 g/mol. The van der Waals surface area contributed by atoms with Gasteiger partial charge in [-0.15, -0.1) is 11.8 Å². The molecular formula is C18H17F2NO3S. The number of hydrogen-bond donors (Lipinski definition) is 0. The highest BCUT2D eigenvalue weighted by molar-refractivity contribution is 7.99. The average molecular weight is 365 g/mol. The standard InChI is InChI=1S/C18H17F2NO3S/c1-23-12-4-6-14(16(10-12)24-2)17(22)21-7-8-25-18(21)13-5-3-11(19)9-15(13)20/h3-6,9-10,18H,7-8H2,1-2H3/t18-/m0/s1. The number of hydrogen-bond acceptors (Lipinski definition) is 4. The Hall–Kier alpha value is -2.28. The van der Waals surface area contributed by atoms with E-state index < -0.39 is 17.0 Å². The number of nitrogens with zero attached hydrogens (tertiary/aromatic N) is 1. The molecule has 7 heteroatoms. The van der Waals surface area contributed by atoms with Gasteiger partial charge in [0.1, 0.15) is 28.5 Å². The Bertz CT molecular complexity index is 800. The van der Waals surface area contributed by atoms with Gasteiger partial charge in [0, 0.05) is 30.0 Å². The van der Waals surface area contributed by atoms with Gasteiger partial charge in [0.15, 0.2) is 0 Å². The zero-order valence-corrected chi connectivity index (χ0v) is 14.6. The van der Waals surface area contributed by atoms with Crippen LogP contribution in [-0.4, -0.2) is 37.3 Å². The predicted octanol–water partition coefficient (Wildman–Crippen LogP) is 3.87. The van der Waals surface area contributed by atoms with Crippen LogP contribution in [0.4, 0.5) is 8.78 Å². The van der Waals surface area contributed by atoms with E-state index in [1.165, 1.54) is 38.1 Å². The molecule has 132 valence electrons. The quantitative estimate of drug-likeness (QED) is 0.825. The van der Waals surface area contributed by atoms with E-state index in [0.717, 1.165) is 6.07 Å². The van der Waals surface area contributed by atoms with Gasteiger partial charge in [-0.25, -0.2) is 8.78 Å². The highest BCUT2D eigenvalue weighted by atomic mass is 32.2. The van der Waals surface area contributed by atoms with Crippen LogP contribution in [0, 0.1) is 11.6 Å². The molecule has 0 N–H and O–H groups in total. The Labute approximate surface area is 148 Å². The summed E-state index contributed by atoms with van der Waals surface area (Å²) in [5.74, 6) is 0.0760. The van der Waals surface area contributed by atoms with Crippen LogP contribution in [0.2, 0.25) is 0 Å². The maximum absolute atomic E-state index is 14.2. The third-order valence-corrected chi connectivity index (χ3v) is 5.26. The van der Waals surface area contributed by atoms with E-state index in [-0.39, 0.29) is 5.91 Å². The minimum Gasteiger partial charge on any atom is -0.497 e. The van der Waals surface area contributed by atoms with Gasteiger partial charge in [-0.05, 0) is 18.2 Å². The fourth-order valence-electron chi connectivity index (χ4n) is 2.77. The average Bonchev–Trinajstić information content (AvgIpc) is 3.09. The molecule has 0 saturated carbocycles. The Morgan fingerprint density at radius 3 is 2.64 bits per heavy atom. The van der Waals surface area contributed by atoms with Crippen molar-refractivity contribution in [3.05, 3.63) is 59.2 Å². The number of carbonyl (C=O) groups excluding carboxylic acids is 1. The maximum atomic E-state index is 14.2. The lowest BCUT2D eigenvalue weighted by Gasteiger charge is -2.25. The van der Waals surface area contributed by atoms with Gasteiger partial charge < -0.3 is 14.4 Å². The molecule has 0 bridgehead atoms. The van der Waals surface area contributed by atoms with E-state index in [9.17, 15) is 13.6 Å². The largest absolute Gasteiger partial charge is 0.497 e.